The molecule has 0 aliphatic carbocycles. The molecule has 0 aromatic heterocycles. The van der Waals surface area contributed by atoms with Crippen LogP contribution >= 0.6 is 0 Å². The van der Waals surface area contributed by atoms with Crippen molar-refractivity contribution in [2.45, 2.75) is 13.2 Å². The molecule has 0 radical (unpaired) electrons. The van der Waals surface area contributed by atoms with Crippen LogP contribution in [-0.4, -0.2) is 58.1 Å². The Morgan fingerprint density at radius 1 is 1.29 bits per heavy atom. The van der Waals surface area contributed by atoms with Crippen molar-refractivity contribution in [1.82, 2.24) is 4.90 Å². The highest BCUT2D eigenvalue weighted by atomic mass is 16.7. The predicted molar refractivity (Wildman–Crippen MR) is 51.9 cm³/mol. The Kier molecular flexibility index (Phi) is 7.37. The van der Waals surface area contributed by atoms with E-state index in [4.69, 9.17) is 9.47 Å². The zero-order valence-corrected chi connectivity index (χ0v) is 9.28. The summed E-state index contributed by atoms with van der Waals surface area (Å²) in [5.41, 5.74) is 0. The molecule has 0 atom stereocenters. The van der Waals surface area contributed by atoms with Crippen LogP contribution in [-0.2, 0) is 19.0 Å². The van der Waals surface area contributed by atoms with E-state index >= 15 is 0 Å². The molecule has 84 valence electrons. The van der Waals surface area contributed by atoms with E-state index in [1.807, 2.05) is 11.8 Å². The molecular weight excluding hydrogens is 186 g/mol. The fraction of sp³-hybridized carbons (Fsp3) is 0.889. The van der Waals surface area contributed by atoms with E-state index < -0.39 is 0 Å². The van der Waals surface area contributed by atoms with E-state index in [-0.39, 0.29) is 18.8 Å². The molecule has 0 rings (SSSR count). The molecule has 0 saturated carbocycles. The summed E-state index contributed by atoms with van der Waals surface area (Å²) >= 11 is 0. The van der Waals surface area contributed by atoms with Crippen molar-refractivity contribution >= 4 is 5.97 Å². The smallest absolute Gasteiger partial charge is 0.319 e. The van der Waals surface area contributed by atoms with E-state index in [1.54, 1.807) is 14.2 Å². The second-order valence-electron chi connectivity index (χ2n) is 2.80. The molecule has 0 aliphatic rings. The molecule has 0 unspecified atom stereocenters. The van der Waals surface area contributed by atoms with E-state index in [9.17, 15) is 4.79 Å². The molecule has 0 aromatic rings. The van der Waals surface area contributed by atoms with Crippen LogP contribution in [0.4, 0.5) is 0 Å². The Morgan fingerprint density at radius 3 is 2.21 bits per heavy atom. The number of esters is 1. The highest BCUT2D eigenvalue weighted by molar-refractivity contribution is 5.71. The number of hydrogen-bond acceptors (Lipinski definition) is 5. The van der Waals surface area contributed by atoms with E-state index in [2.05, 4.69) is 4.74 Å². The SMILES string of the molecule is CCN(CC(=O)OC)CC(OC)OC. The van der Waals surface area contributed by atoms with E-state index in [1.165, 1.54) is 7.11 Å². The van der Waals surface area contributed by atoms with Crippen LogP contribution in [0.2, 0.25) is 0 Å². The third kappa shape index (κ3) is 5.16. The summed E-state index contributed by atoms with van der Waals surface area (Å²) in [7, 11) is 4.51. The zero-order valence-electron chi connectivity index (χ0n) is 9.28. The molecule has 5 heteroatoms. The average Bonchev–Trinajstić information content (AvgIpc) is 2.23. The van der Waals surface area contributed by atoms with Crippen molar-refractivity contribution in [2.24, 2.45) is 0 Å². The van der Waals surface area contributed by atoms with Crippen LogP contribution in [0.25, 0.3) is 0 Å². The minimum Gasteiger partial charge on any atom is -0.468 e. The third-order valence-electron chi connectivity index (χ3n) is 1.96. The lowest BCUT2D eigenvalue weighted by atomic mass is 10.4. The van der Waals surface area contributed by atoms with Crippen molar-refractivity contribution in [3.05, 3.63) is 0 Å². The summed E-state index contributed by atoms with van der Waals surface area (Å²) in [6.45, 7) is 3.53. The first-order valence-electron chi connectivity index (χ1n) is 4.52. The largest absolute Gasteiger partial charge is 0.468 e. The first-order valence-corrected chi connectivity index (χ1v) is 4.52. The maximum absolute atomic E-state index is 11.0. The summed E-state index contributed by atoms with van der Waals surface area (Å²) in [4.78, 5) is 12.9. The van der Waals surface area contributed by atoms with Gasteiger partial charge in [0.05, 0.1) is 20.2 Å². The molecule has 0 spiro atoms. The number of hydrogen-bond donors (Lipinski definition) is 0. The second kappa shape index (κ2) is 7.73. The molecule has 0 aliphatic heterocycles. The Hall–Kier alpha value is -0.650. The standard InChI is InChI=1S/C9H19NO4/c1-5-10(6-8(11)12-2)7-9(13-3)14-4/h9H,5-7H2,1-4H3. The lowest BCUT2D eigenvalue weighted by Gasteiger charge is -2.23. The maximum atomic E-state index is 11.0. The number of nitrogens with zero attached hydrogens (tertiary/aromatic N) is 1. The molecule has 0 N–H and O–H groups in total. The van der Waals surface area contributed by atoms with Crippen LogP contribution in [0.5, 0.6) is 0 Å². The number of ether oxygens (including phenoxy) is 3. The topological polar surface area (TPSA) is 48.0 Å². The van der Waals surface area contributed by atoms with Gasteiger partial charge in [-0.15, -0.1) is 0 Å². The highest BCUT2D eigenvalue weighted by Crippen LogP contribution is 1.97. The molecule has 14 heavy (non-hydrogen) atoms. The summed E-state index contributed by atoms with van der Waals surface area (Å²) in [6.07, 6.45) is -0.306. The minimum absolute atomic E-state index is 0.252. The normalized spacial score (nSPS) is 11.0. The molecule has 0 saturated heterocycles. The number of carbonyl (C=O) groups is 1. The quantitative estimate of drug-likeness (QED) is 0.436. The molecule has 0 heterocycles. The van der Waals surface area contributed by atoms with Crippen molar-refractivity contribution in [3.63, 3.8) is 0 Å². The van der Waals surface area contributed by atoms with Gasteiger partial charge in [-0.05, 0) is 6.54 Å². The summed E-state index contributed by atoms with van der Waals surface area (Å²) in [5.74, 6) is -0.252. The van der Waals surface area contributed by atoms with Gasteiger partial charge in [0.25, 0.3) is 0 Å². The average molecular weight is 205 g/mol. The van der Waals surface area contributed by atoms with Crippen molar-refractivity contribution in [1.29, 1.82) is 0 Å². The van der Waals surface area contributed by atoms with Gasteiger partial charge in [0.1, 0.15) is 0 Å². The monoisotopic (exact) mass is 205 g/mol. The third-order valence-corrected chi connectivity index (χ3v) is 1.96. The van der Waals surface area contributed by atoms with Crippen LogP contribution < -0.4 is 0 Å². The van der Waals surface area contributed by atoms with Crippen molar-refractivity contribution in [2.75, 3.05) is 41.0 Å². The number of rotatable bonds is 7. The first kappa shape index (κ1) is 13.4. The van der Waals surface area contributed by atoms with Gasteiger partial charge in [-0.25, -0.2) is 0 Å². The van der Waals surface area contributed by atoms with Gasteiger partial charge in [-0.3, -0.25) is 9.69 Å². The summed E-state index contributed by atoms with van der Waals surface area (Å²) < 4.78 is 14.6. The Bertz CT molecular complexity index is 159. The predicted octanol–water partition coefficient (Wildman–Crippen LogP) is 0.100. The van der Waals surface area contributed by atoms with Gasteiger partial charge >= 0.3 is 5.97 Å². The van der Waals surface area contributed by atoms with Gasteiger partial charge in [0.15, 0.2) is 6.29 Å². The van der Waals surface area contributed by atoms with Gasteiger partial charge in [0, 0.05) is 14.2 Å². The van der Waals surface area contributed by atoms with Gasteiger partial charge in [0.2, 0.25) is 0 Å². The van der Waals surface area contributed by atoms with Crippen LogP contribution in [0, 0.1) is 0 Å². The van der Waals surface area contributed by atoms with Gasteiger partial charge in [-0.1, -0.05) is 6.92 Å². The minimum atomic E-state index is -0.306. The van der Waals surface area contributed by atoms with Crippen molar-refractivity contribution < 1.29 is 19.0 Å². The van der Waals surface area contributed by atoms with Crippen LogP contribution in [0.15, 0.2) is 0 Å². The van der Waals surface area contributed by atoms with E-state index in [0.29, 0.717) is 6.54 Å². The second-order valence-corrected chi connectivity index (χ2v) is 2.80. The van der Waals surface area contributed by atoms with E-state index in [0.717, 1.165) is 6.54 Å². The lowest BCUT2D eigenvalue weighted by molar-refractivity contribution is -0.145. The van der Waals surface area contributed by atoms with Crippen LogP contribution in [0.1, 0.15) is 6.92 Å². The fourth-order valence-electron chi connectivity index (χ4n) is 1.01. The fourth-order valence-corrected chi connectivity index (χ4v) is 1.01. The molecule has 0 aromatic carbocycles. The lowest BCUT2D eigenvalue weighted by Crippen LogP contribution is -2.38. The number of methoxy groups -OCH3 is 3. The van der Waals surface area contributed by atoms with Crippen molar-refractivity contribution in [3.8, 4) is 0 Å². The number of likely N-dealkylation sites (N-methyl/N-ethyl adjacent to an activating group) is 1. The zero-order chi connectivity index (χ0) is 11.0. The Labute approximate surface area is 84.9 Å². The maximum Gasteiger partial charge on any atom is 0.319 e. The van der Waals surface area contributed by atoms with Crippen LogP contribution in [0.3, 0.4) is 0 Å². The molecule has 0 amide bonds. The molecular formula is C9H19NO4. The first-order chi connectivity index (χ1) is 6.67. The van der Waals surface area contributed by atoms with Gasteiger partial charge in [-0.2, -0.15) is 0 Å². The molecule has 5 nitrogen and oxygen atoms in total. The molecule has 0 fully saturated rings. The summed E-state index contributed by atoms with van der Waals surface area (Å²) in [5, 5.41) is 0. The summed E-state index contributed by atoms with van der Waals surface area (Å²) in [6, 6.07) is 0. The van der Waals surface area contributed by atoms with Gasteiger partial charge < -0.3 is 14.2 Å². The Morgan fingerprint density at radius 2 is 1.86 bits per heavy atom. The number of carbonyl (C=O) groups excluding carboxylic acids is 1. The Balaban J connectivity index is 3.94. The molecule has 0 bridgehead atoms. The highest BCUT2D eigenvalue weighted by Gasteiger charge is 2.14.